The number of hydrogen-bond donors (Lipinski definition) is 3. The molecule has 1 aliphatic rings. The van der Waals surface area contributed by atoms with Crippen molar-refractivity contribution in [2.75, 3.05) is 15.5 Å². The van der Waals surface area contributed by atoms with Crippen molar-refractivity contribution >= 4 is 45.1 Å². The molecular formula is C29H29BrN6O2. The molecule has 3 aromatic rings. The van der Waals surface area contributed by atoms with E-state index in [4.69, 9.17) is 5.26 Å². The molecule has 3 amide bonds. The Hall–Kier alpha value is -4.16. The minimum absolute atomic E-state index is 0.0324. The van der Waals surface area contributed by atoms with Crippen molar-refractivity contribution in [1.82, 2.24) is 10.3 Å². The number of rotatable bonds is 8. The van der Waals surface area contributed by atoms with Crippen LogP contribution in [-0.2, 0) is 11.3 Å². The van der Waals surface area contributed by atoms with Crippen LogP contribution >= 0.6 is 15.9 Å². The maximum Gasteiger partial charge on any atom is 0.322 e. The van der Waals surface area contributed by atoms with Crippen LogP contribution < -0.4 is 20.9 Å². The summed E-state index contributed by atoms with van der Waals surface area (Å²) in [5.41, 5.74) is 2.79. The van der Waals surface area contributed by atoms with Crippen molar-refractivity contribution in [3.05, 3.63) is 95.1 Å². The highest BCUT2D eigenvalue weighted by atomic mass is 79.9. The van der Waals surface area contributed by atoms with Gasteiger partial charge in [0.15, 0.2) is 0 Å². The van der Waals surface area contributed by atoms with Gasteiger partial charge in [0.2, 0.25) is 5.91 Å². The minimum atomic E-state index is -0.322. The van der Waals surface area contributed by atoms with E-state index in [9.17, 15) is 9.59 Å². The third kappa shape index (κ3) is 7.20. The normalized spacial score (nSPS) is 16.5. The quantitative estimate of drug-likeness (QED) is 0.287. The van der Waals surface area contributed by atoms with Gasteiger partial charge in [0.25, 0.3) is 0 Å². The fourth-order valence-electron chi connectivity index (χ4n) is 4.56. The number of urea groups is 1. The van der Waals surface area contributed by atoms with E-state index in [1.807, 2.05) is 42.5 Å². The fraction of sp³-hybridized carbons (Fsp3) is 0.241. The van der Waals surface area contributed by atoms with Gasteiger partial charge in [-0.25, -0.2) is 9.78 Å². The zero-order valence-corrected chi connectivity index (χ0v) is 22.4. The summed E-state index contributed by atoms with van der Waals surface area (Å²) in [6, 6.07) is 20.9. The van der Waals surface area contributed by atoms with Gasteiger partial charge in [0, 0.05) is 40.7 Å². The number of nitrogens with zero attached hydrogens (tertiary/aromatic N) is 3. The van der Waals surface area contributed by atoms with Gasteiger partial charge in [-0.1, -0.05) is 52.8 Å². The van der Waals surface area contributed by atoms with Gasteiger partial charge in [-0.05, 0) is 67.7 Å². The third-order valence-corrected chi connectivity index (χ3v) is 6.88. The first-order valence-corrected chi connectivity index (χ1v) is 13.2. The van der Waals surface area contributed by atoms with Crippen LogP contribution in [0.5, 0.6) is 0 Å². The Morgan fingerprint density at radius 1 is 1.11 bits per heavy atom. The van der Waals surface area contributed by atoms with Gasteiger partial charge in [-0.2, -0.15) is 5.26 Å². The van der Waals surface area contributed by atoms with Crippen molar-refractivity contribution < 1.29 is 9.59 Å². The van der Waals surface area contributed by atoms with E-state index in [1.165, 1.54) is 6.08 Å². The lowest BCUT2D eigenvalue weighted by molar-refractivity contribution is -0.111. The predicted octanol–water partition coefficient (Wildman–Crippen LogP) is 5.98. The third-order valence-electron chi connectivity index (χ3n) is 6.43. The van der Waals surface area contributed by atoms with Crippen LogP contribution in [-0.4, -0.2) is 29.0 Å². The average molecular weight is 573 g/mol. The number of carbonyl (C=O) groups excluding carboxylic acids is 2. The van der Waals surface area contributed by atoms with Crippen molar-refractivity contribution in [2.24, 2.45) is 0 Å². The number of nitriles is 1. The summed E-state index contributed by atoms with van der Waals surface area (Å²) in [7, 11) is 0. The molecule has 9 heteroatoms. The van der Waals surface area contributed by atoms with Crippen LogP contribution in [0.25, 0.3) is 0 Å². The highest BCUT2D eigenvalue weighted by molar-refractivity contribution is 9.10. The van der Waals surface area contributed by atoms with E-state index in [0.29, 0.717) is 23.5 Å². The Bertz CT molecular complexity index is 1320. The molecule has 8 nitrogen and oxygen atoms in total. The molecule has 1 aromatic heterocycles. The van der Waals surface area contributed by atoms with Gasteiger partial charge >= 0.3 is 6.03 Å². The molecule has 2 aromatic carbocycles. The summed E-state index contributed by atoms with van der Waals surface area (Å²) in [5.74, 6) is 0.414. The number of aromatic nitrogens is 1. The number of halogens is 1. The summed E-state index contributed by atoms with van der Waals surface area (Å²) in [6.07, 6.45) is 6.04. The Balaban J connectivity index is 1.51. The van der Waals surface area contributed by atoms with E-state index < -0.39 is 0 Å². The lowest BCUT2D eigenvalue weighted by atomic mass is 9.90. The summed E-state index contributed by atoms with van der Waals surface area (Å²) in [5, 5.41) is 18.3. The molecule has 0 radical (unpaired) electrons. The standard InChI is InChI=1S/C29H29BrN6O2/c1-2-28(37)35-24-14-22(30)15-26(16-24)36(29(38)33-18-20-6-4-3-5-7-20)25-11-9-23(10-12-25)34-27-13-8-21(17-31)19-32-27/h2-8,13-16,19,23,25H,1,9-12,18H2,(H,32,34)(H,33,38)(H,35,37). The van der Waals surface area contributed by atoms with E-state index in [1.54, 1.807) is 29.3 Å². The number of carbonyl (C=O) groups is 2. The molecule has 1 aliphatic carbocycles. The first-order valence-electron chi connectivity index (χ1n) is 12.4. The molecule has 0 unspecified atom stereocenters. The van der Waals surface area contributed by atoms with E-state index in [0.717, 1.165) is 41.5 Å². The summed E-state index contributed by atoms with van der Waals surface area (Å²) in [4.78, 5) is 31.6. The Kier molecular flexibility index (Phi) is 9.11. The summed E-state index contributed by atoms with van der Waals surface area (Å²) in [6.45, 7) is 3.92. The molecule has 0 bridgehead atoms. The minimum Gasteiger partial charge on any atom is -0.367 e. The molecule has 0 atom stereocenters. The van der Waals surface area contributed by atoms with Crippen LogP contribution in [0.4, 0.5) is 22.0 Å². The SMILES string of the molecule is C=CC(=O)Nc1cc(Br)cc(N(C(=O)NCc2ccccc2)C2CCC(Nc3ccc(C#N)cn3)CC2)c1. The maximum atomic E-state index is 13.6. The highest BCUT2D eigenvalue weighted by Crippen LogP contribution is 2.33. The molecular weight excluding hydrogens is 544 g/mol. The zero-order valence-electron chi connectivity index (χ0n) is 20.9. The smallest absolute Gasteiger partial charge is 0.322 e. The molecule has 0 aliphatic heterocycles. The Labute approximate surface area is 230 Å². The fourth-order valence-corrected chi connectivity index (χ4v) is 5.05. The van der Waals surface area contributed by atoms with Crippen LogP contribution in [0, 0.1) is 11.3 Å². The second-order valence-electron chi connectivity index (χ2n) is 9.10. The van der Waals surface area contributed by atoms with Gasteiger partial charge in [-0.15, -0.1) is 0 Å². The van der Waals surface area contributed by atoms with Crippen molar-refractivity contribution in [1.29, 1.82) is 5.26 Å². The summed E-state index contributed by atoms with van der Waals surface area (Å²) < 4.78 is 0.748. The molecule has 1 saturated carbocycles. The lowest BCUT2D eigenvalue weighted by Gasteiger charge is -2.37. The van der Waals surface area contributed by atoms with Gasteiger partial charge in [0.05, 0.1) is 5.56 Å². The van der Waals surface area contributed by atoms with E-state index in [-0.39, 0.29) is 24.0 Å². The van der Waals surface area contributed by atoms with Crippen LogP contribution in [0.15, 0.2) is 84.0 Å². The average Bonchev–Trinajstić information content (AvgIpc) is 2.93. The molecule has 0 saturated heterocycles. The Morgan fingerprint density at radius 2 is 1.87 bits per heavy atom. The van der Waals surface area contributed by atoms with Crippen LogP contribution in [0.3, 0.4) is 0 Å². The van der Waals surface area contributed by atoms with Gasteiger partial charge in [0.1, 0.15) is 11.9 Å². The van der Waals surface area contributed by atoms with E-state index in [2.05, 4.69) is 49.5 Å². The number of amides is 3. The van der Waals surface area contributed by atoms with E-state index >= 15 is 0 Å². The van der Waals surface area contributed by atoms with Gasteiger partial charge < -0.3 is 16.0 Å². The number of benzene rings is 2. The van der Waals surface area contributed by atoms with Crippen LogP contribution in [0.2, 0.25) is 0 Å². The monoisotopic (exact) mass is 572 g/mol. The maximum absolute atomic E-state index is 13.6. The molecule has 0 spiro atoms. The number of pyridine rings is 1. The first-order chi connectivity index (χ1) is 18.4. The molecule has 1 heterocycles. The second kappa shape index (κ2) is 12.9. The zero-order chi connectivity index (χ0) is 26.9. The number of nitrogens with one attached hydrogen (secondary N) is 3. The number of anilines is 3. The summed E-state index contributed by atoms with van der Waals surface area (Å²) >= 11 is 3.53. The predicted molar refractivity (Wildman–Crippen MR) is 153 cm³/mol. The first kappa shape index (κ1) is 26.9. The van der Waals surface area contributed by atoms with Gasteiger partial charge in [-0.3, -0.25) is 9.69 Å². The molecule has 38 heavy (non-hydrogen) atoms. The number of hydrogen-bond acceptors (Lipinski definition) is 5. The lowest BCUT2D eigenvalue weighted by Crippen LogP contribution is -2.48. The Morgan fingerprint density at radius 3 is 2.53 bits per heavy atom. The molecule has 3 N–H and O–H groups in total. The van der Waals surface area contributed by atoms with Crippen molar-refractivity contribution in [3.8, 4) is 6.07 Å². The molecule has 4 rings (SSSR count). The van der Waals surface area contributed by atoms with Crippen LogP contribution in [0.1, 0.15) is 36.8 Å². The largest absolute Gasteiger partial charge is 0.367 e. The topological polar surface area (TPSA) is 110 Å². The molecule has 1 fully saturated rings. The highest BCUT2D eigenvalue weighted by Gasteiger charge is 2.30. The second-order valence-corrected chi connectivity index (χ2v) is 10.0. The van der Waals surface area contributed by atoms with Crippen molar-refractivity contribution in [3.63, 3.8) is 0 Å². The molecule has 194 valence electrons. The van der Waals surface area contributed by atoms with Crippen molar-refractivity contribution in [2.45, 2.75) is 44.3 Å².